The topological polar surface area (TPSA) is 118 Å². The Morgan fingerprint density at radius 1 is 0.345 bits per heavy atom. The van der Waals surface area contributed by atoms with E-state index in [0.717, 1.165) is 51.4 Å². The van der Waals surface area contributed by atoms with E-state index in [4.69, 9.17) is 29.2 Å². The zero-order valence-electron chi connectivity index (χ0n) is 47.8. The lowest BCUT2D eigenvalue weighted by Gasteiger charge is -2.14. The standard InChI is InChI=1S/C68H74F8O8/c1-3-5-7-9-11-13-15-17-19-21-39-81-57-41-52(36-32-48-25-29-50(30-26-48)34-38-56-61(71)65(75)68(66(76)62(56)72)84-46-54(80)44-78)58(82-40-22-20-18-16-14-12-10-8-6-4-2)42-51(57)35-31-47-23-27-49(28-24-47)33-37-55-59(69)63(73)67(64(74)60(55)70)83-45-53(79)43-77/h23-30,41-42,53-54,77-80H,3-22,39-40,43-46H2,1-2H3. The molecule has 450 valence electrons. The Morgan fingerprint density at radius 3 is 0.881 bits per heavy atom. The van der Waals surface area contributed by atoms with Crippen molar-refractivity contribution in [1.29, 1.82) is 0 Å². The summed E-state index contributed by atoms with van der Waals surface area (Å²) in [7, 11) is 0. The van der Waals surface area contributed by atoms with E-state index in [1.165, 1.54) is 101 Å². The van der Waals surface area contributed by atoms with Crippen LogP contribution in [0.15, 0.2) is 60.7 Å². The van der Waals surface area contributed by atoms with Gasteiger partial charge in [0.15, 0.2) is 34.8 Å². The van der Waals surface area contributed by atoms with Crippen LogP contribution in [-0.4, -0.2) is 72.3 Å². The van der Waals surface area contributed by atoms with Crippen LogP contribution in [0.2, 0.25) is 0 Å². The number of aliphatic hydroxyl groups is 4. The number of benzene rings is 5. The molecule has 0 amide bonds. The Hall–Kier alpha value is -7.18. The van der Waals surface area contributed by atoms with Gasteiger partial charge in [0.1, 0.15) is 48.0 Å². The minimum Gasteiger partial charge on any atom is -0.492 e. The maximum absolute atomic E-state index is 14.9. The molecule has 0 fully saturated rings. The molecule has 0 heterocycles. The predicted octanol–water partition coefficient (Wildman–Crippen LogP) is 14.5. The van der Waals surface area contributed by atoms with Gasteiger partial charge in [0.2, 0.25) is 23.3 Å². The van der Waals surface area contributed by atoms with Crippen LogP contribution < -0.4 is 18.9 Å². The summed E-state index contributed by atoms with van der Waals surface area (Å²) in [6.45, 7) is 1.93. The molecule has 16 heteroatoms. The molecule has 0 saturated carbocycles. The normalized spacial score (nSPS) is 11.5. The first-order valence-electron chi connectivity index (χ1n) is 29.0. The molecule has 0 radical (unpaired) electrons. The van der Waals surface area contributed by atoms with E-state index in [0.29, 0.717) is 47.0 Å². The molecule has 0 bridgehead atoms. The summed E-state index contributed by atoms with van der Waals surface area (Å²) in [5, 5.41) is 36.8. The van der Waals surface area contributed by atoms with Crippen molar-refractivity contribution in [2.45, 2.75) is 154 Å². The summed E-state index contributed by atoms with van der Waals surface area (Å²) in [5.74, 6) is 5.52. The molecule has 0 spiro atoms. The minimum absolute atomic E-state index is 0.242. The highest BCUT2D eigenvalue weighted by molar-refractivity contribution is 5.61. The summed E-state index contributed by atoms with van der Waals surface area (Å²) < 4.78 is 141. The third-order valence-electron chi connectivity index (χ3n) is 13.4. The lowest BCUT2D eigenvalue weighted by atomic mass is 10.1. The number of hydrogen-bond acceptors (Lipinski definition) is 8. The molecular formula is C68H74F8O8. The lowest BCUT2D eigenvalue weighted by molar-refractivity contribution is 0.0503. The van der Waals surface area contributed by atoms with Crippen molar-refractivity contribution in [3.8, 4) is 70.4 Å². The third kappa shape index (κ3) is 21.8. The highest BCUT2D eigenvalue weighted by atomic mass is 19.2. The number of ether oxygens (including phenoxy) is 4. The maximum Gasteiger partial charge on any atom is 0.205 e. The van der Waals surface area contributed by atoms with Gasteiger partial charge < -0.3 is 39.4 Å². The Morgan fingerprint density at radius 2 is 0.607 bits per heavy atom. The Kier molecular flexibility index (Phi) is 29.9. The number of aliphatic hydroxyl groups excluding tert-OH is 4. The second kappa shape index (κ2) is 37.2. The van der Waals surface area contributed by atoms with Gasteiger partial charge in [-0.15, -0.1) is 0 Å². The first-order chi connectivity index (χ1) is 40.7. The van der Waals surface area contributed by atoms with Gasteiger partial charge in [0, 0.05) is 34.4 Å². The van der Waals surface area contributed by atoms with Crippen LogP contribution in [0.5, 0.6) is 23.0 Å². The molecule has 0 aliphatic carbocycles. The molecule has 0 saturated heterocycles. The van der Waals surface area contributed by atoms with Crippen LogP contribution in [0, 0.1) is 93.9 Å². The van der Waals surface area contributed by atoms with Crippen LogP contribution in [0.3, 0.4) is 0 Å². The van der Waals surface area contributed by atoms with Crippen molar-refractivity contribution in [2.24, 2.45) is 0 Å². The van der Waals surface area contributed by atoms with Crippen LogP contribution in [-0.2, 0) is 0 Å². The van der Waals surface area contributed by atoms with Gasteiger partial charge in [0.05, 0.1) is 37.6 Å². The van der Waals surface area contributed by atoms with Gasteiger partial charge in [-0.1, -0.05) is 177 Å². The van der Waals surface area contributed by atoms with E-state index in [2.05, 4.69) is 61.2 Å². The third-order valence-corrected chi connectivity index (χ3v) is 13.4. The van der Waals surface area contributed by atoms with E-state index in [1.54, 1.807) is 36.4 Å². The summed E-state index contributed by atoms with van der Waals surface area (Å²) in [5.41, 5.74) is 0.174. The van der Waals surface area contributed by atoms with E-state index >= 15 is 0 Å². The summed E-state index contributed by atoms with van der Waals surface area (Å²) in [6, 6.07) is 16.0. The zero-order valence-corrected chi connectivity index (χ0v) is 47.8. The van der Waals surface area contributed by atoms with Crippen molar-refractivity contribution in [2.75, 3.05) is 39.6 Å². The van der Waals surface area contributed by atoms with E-state index in [-0.39, 0.29) is 11.1 Å². The quantitative estimate of drug-likeness (QED) is 0.0146. The Bertz CT molecular complexity index is 2870. The number of rotatable bonds is 32. The van der Waals surface area contributed by atoms with Crippen LogP contribution in [0.4, 0.5) is 35.1 Å². The summed E-state index contributed by atoms with van der Waals surface area (Å²) in [6.07, 6.45) is 19.6. The van der Waals surface area contributed by atoms with Gasteiger partial charge in [-0.2, -0.15) is 17.6 Å². The first kappa shape index (κ1) is 67.6. The molecule has 8 nitrogen and oxygen atoms in total. The van der Waals surface area contributed by atoms with Crippen molar-refractivity contribution >= 4 is 0 Å². The Labute approximate surface area is 488 Å². The molecule has 0 aliphatic rings. The molecule has 4 N–H and O–H groups in total. The molecule has 2 atom stereocenters. The van der Waals surface area contributed by atoms with Crippen molar-refractivity contribution < 1.29 is 74.5 Å². The van der Waals surface area contributed by atoms with Crippen molar-refractivity contribution in [1.82, 2.24) is 0 Å². The maximum atomic E-state index is 14.9. The van der Waals surface area contributed by atoms with Crippen LogP contribution >= 0.6 is 0 Å². The molecule has 2 unspecified atom stereocenters. The van der Waals surface area contributed by atoms with Gasteiger partial charge in [0.25, 0.3) is 0 Å². The van der Waals surface area contributed by atoms with Gasteiger partial charge in [-0.05, 0) is 61.4 Å². The molecule has 0 aromatic heterocycles. The van der Waals surface area contributed by atoms with E-state index in [1.807, 2.05) is 0 Å². The molecule has 5 aromatic carbocycles. The summed E-state index contributed by atoms with van der Waals surface area (Å²) >= 11 is 0. The molecular weight excluding hydrogens is 1100 g/mol. The summed E-state index contributed by atoms with van der Waals surface area (Å²) in [4.78, 5) is 0. The average Bonchev–Trinajstić information content (AvgIpc) is 3.65. The van der Waals surface area contributed by atoms with E-state index < -0.39 is 108 Å². The second-order valence-electron chi connectivity index (χ2n) is 20.3. The van der Waals surface area contributed by atoms with Gasteiger partial charge in [-0.25, -0.2) is 17.6 Å². The van der Waals surface area contributed by atoms with Crippen molar-refractivity contribution in [3.63, 3.8) is 0 Å². The minimum atomic E-state index is -1.85. The fraction of sp³-hybridized carbons (Fsp3) is 0.441. The van der Waals surface area contributed by atoms with Gasteiger partial charge in [-0.3, -0.25) is 0 Å². The Balaban J connectivity index is 1.43. The van der Waals surface area contributed by atoms with Gasteiger partial charge >= 0.3 is 0 Å². The van der Waals surface area contributed by atoms with Crippen LogP contribution in [0.1, 0.15) is 187 Å². The lowest BCUT2D eigenvalue weighted by Crippen LogP contribution is -2.22. The monoisotopic (exact) mass is 1170 g/mol. The number of hydrogen-bond donors (Lipinski definition) is 4. The second-order valence-corrected chi connectivity index (χ2v) is 20.3. The fourth-order valence-electron chi connectivity index (χ4n) is 8.52. The SMILES string of the molecule is CCCCCCCCCCCCOc1cc(C#Cc2ccc(C#Cc3c(F)c(F)c(OCC(O)CO)c(F)c3F)cc2)c(OCCCCCCCCCCCC)cc1C#Cc1ccc(C#Cc2c(F)c(F)c(OCC(O)CO)c(F)c2F)cc1. The highest BCUT2D eigenvalue weighted by Gasteiger charge is 2.28. The number of unbranched alkanes of at least 4 members (excludes halogenated alkanes) is 18. The smallest absolute Gasteiger partial charge is 0.205 e. The van der Waals surface area contributed by atoms with Crippen LogP contribution in [0.25, 0.3) is 0 Å². The first-order valence-corrected chi connectivity index (χ1v) is 29.0. The predicted molar refractivity (Wildman–Crippen MR) is 308 cm³/mol. The number of halogens is 8. The molecule has 5 aromatic rings. The average molecular weight is 1170 g/mol. The highest BCUT2D eigenvalue weighted by Crippen LogP contribution is 2.33. The van der Waals surface area contributed by atoms with E-state index in [9.17, 15) is 45.3 Å². The molecule has 84 heavy (non-hydrogen) atoms. The fourth-order valence-corrected chi connectivity index (χ4v) is 8.52. The van der Waals surface area contributed by atoms with Crippen molar-refractivity contribution in [3.05, 3.63) is 152 Å². The largest absolute Gasteiger partial charge is 0.492 e. The zero-order chi connectivity index (χ0) is 60.6. The molecule has 5 rings (SSSR count). The molecule has 0 aliphatic heterocycles.